The molecule has 1 heterocycles. The maximum atomic E-state index is 12.2. The summed E-state index contributed by atoms with van der Waals surface area (Å²) in [4.78, 5) is 16.5. The van der Waals surface area contributed by atoms with E-state index in [1.54, 1.807) is 0 Å². The largest absolute Gasteiger partial charge is 0.491 e. The van der Waals surface area contributed by atoms with Crippen LogP contribution in [0.15, 0.2) is 41.5 Å². The summed E-state index contributed by atoms with van der Waals surface area (Å²) >= 11 is 0. The Bertz CT molecular complexity index is 667. The first-order valence-corrected chi connectivity index (χ1v) is 7.17. The summed E-state index contributed by atoms with van der Waals surface area (Å²) < 4.78 is 6.96. The lowest BCUT2D eigenvalue weighted by Gasteiger charge is -2.14. The minimum atomic E-state index is -0.746. The van der Waals surface area contributed by atoms with Gasteiger partial charge in [-0.05, 0) is 31.4 Å². The van der Waals surface area contributed by atoms with Crippen LogP contribution in [0.4, 0.5) is 0 Å². The second-order valence-electron chi connectivity index (χ2n) is 5.26. The van der Waals surface area contributed by atoms with E-state index in [9.17, 15) is 9.90 Å². The molecule has 0 saturated heterocycles. The highest BCUT2D eigenvalue weighted by Gasteiger charge is 2.18. The van der Waals surface area contributed by atoms with Crippen molar-refractivity contribution in [3.05, 3.63) is 58.3 Å². The zero-order valence-electron chi connectivity index (χ0n) is 11.7. The van der Waals surface area contributed by atoms with Gasteiger partial charge in [-0.3, -0.25) is 9.36 Å². The standard InChI is InChI=1S/C16H18N2O3/c19-12(10-21-13-5-2-1-3-6-13)9-18-11-17-15-8-4-7-14(15)16(18)20/h1-3,5-6,11-12,19H,4,7-10H2/t12-/m1/s1. The Labute approximate surface area is 122 Å². The number of rotatable bonds is 5. The van der Waals surface area contributed by atoms with E-state index < -0.39 is 6.10 Å². The van der Waals surface area contributed by atoms with Crippen LogP contribution in [0.1, 0.15) is 17.7 Å². The molecule has 110 valence electrons. The first-order valence-electron chi connectivity index (χ1n) is 7.17. The molecule has 1 N–H and O–H groups in total. The zero-order valence-corrected chi connectivity index (χ0v) is 11.7. The third-order valence-corrected chi connectivity index (χ3v) is 3.65. The normalized spacial score (nSPS) is 14.7. The molecular formula is C16H18N2O3. The molecule has 0 spiro atoms. The smallest absolute Gasteiger partial charge is 0.256 e. The molecule has 0 bridgehead atoms. The molecular weight excluding hydrogens is 268 g/mol. The highest BCUT2D eigenvalue weighted by molar-refractivity contribution is 5.22. The summed E-state index contributed by atoms with van der Waals surface area (Å²) in [5, 5.41) is 10.0. The van der Waals surface area contributed by atoms with Crippen LogP contribution in [-0.2, 0) is 19.4 Å². The molecule has 0 aliphatic heterocycles. The van der Waals surface area contributed by atoms with Gasteiger partial charge in [0, 0.05) is 5.56 Å². The van der Waals surface area contributed by atoms with Crippen molar-refractivity contribution in [2.24, 2.45) is 0 Å². The Morgan fingerprint density at radius 2 is 2.10 bits per heavy atom. The predicted molar refractivity (Wildman–Crippen MR) is 78.5 cm³/mol. The lowest BCUT2D eigenvalue weighted by molar-refractivity contribution is 0.0912. The second-order valence-corrected chi connectivity index (χ2v) is 5.26. The minimum absolute atomic E-state index is 0.0312. The Hall–Kier alpha value is -2.14. The van der Waals surface area contributed by atoms with Crippen molar-refractivity contribution in [2.75, 3.05) is 6.61 Å². The first kappa shape index (κ1) is 13.8. The van der Waals surface area contributed by atoms with Gasteiger partial charge in [-0.1, -0.05) is 18.2 Å². The maximum absolute atomic E-state index is 12.2. The van der Waals surface area contributed by atoms with Crippen LogP contribution in [0.5, 0.6) is 5.75 Å². The Morgan fingerprint density at radius 1 is 1.29 bits per heavy atom. The maximum Gasteiger partial charge on any atom is 0.256 e. The third kappa shape index (κ3) is 3.13. The fourth-order valence-electron chi connectivity index (χ4n) is 2.58. The number of ether oxygens (including phenoxy) is 1. The van der Waals surface area contributed by atoms with Gasteiger partial charge in [-0.2, -0.15) is 0 Å². The number of nitrogens with zero attached hydrogens (tertiary/aromatic N) is 2. The van der Waals surface area contributed by atoms with E-state index in [1.807, 2.05) is 30.3 Å². The SMILES string of the molecule is O=c1c2c(ncn1C[C@@H](O)COc1ccccc1)CCC2. The molecule has 0 unspecified atom stereocenters. The molecule has 1 aromatic heterocycles. The van der Waals surface area contributed by atoms with Crippen LogP contribution in [0.2, 0.25) is 0 Å². The van der Waals surface area contributed by atoms with Crippen LogP contribution in [-0.4, -0.2) is 27.4 Å². The fraction of sp³-hybridized carbons (Fsp3) is 0.375. The third-order valence-electron chi connectivity index (χ3n) is 3.65. The van der Waals surface area contributed by atoms with Crippen molar-refractivity contribution in [1.29, 1.82) is 0 Å². The van der Waals surface area contributed by atoms with Crippen LogP contribution < -0.4 is 10.3 Å². The Balaban J connectivity index is 1.63. The molecule has 21 heavy (non-hydrogen) atoms. The zero-order chi connectivity index (χ0) is 14.7. The molecule has 1 aliphatic rings. The van der Waals surface area contributed by atoms with E-state index >= 15 is 0 Å². The van der Waals surface area contributed by atoms with Gasteiger partial charge in [0.25, 0.3) is 5.56 Å². The van der Waals surface area contributed by atoms with Crippen molar-refractivity contribution >= 4 is 0 Å². The van der Waals surface area contributed by atoms with Crippen LogP contribution >= 0.6 is 0 Å². The van der Waals surface area contributed by atoms with Gasteiger partial charge in [-0.25, -0.2) is 4.98 Å². The van der Waals surface area contributed by atoms with Crippen molar-refractivity contribution in [3.8, 4) is 5.75 Å². The summed E-state index contributed by atoms with van der Waals surface area (Å²) in [6.07, 6.45) is 3.44. The quantitative estimate of drug-likeness (QED) is 0.896. The van der Waals surface area contributed by atoms with Gasteiger partial charge >= 0.3 is 0 Å². The molecule has 1 aliphatic carbocycles. The van der Waals surface area contributed by atoms with Gasteiger partial charge in [-0.15, -0.1) is 0 Å². The van der Waals surface area contributed by atoms with Gasteiger partial charge in [0.1, 0.15) is 18.5 Å². The lowest BCUT2D eigenvalue weighted by atomic mass is 10.2. The Morgan fingerprint density at radius 3 is 2.90 bits per heavy atom. The number of benzene rings is 1. The molecule has 2 aromatic rings. The molecule has 1 aromatic carbocycles. The molecule has 0 radical (unpaired) electrons. The van der Waals surface area contributed by atoms with Crippen molar-refractivity contribution in [3.63, 3.8) is 0 Å². The minimum Gasteiger partial charge on any atom is -0.491 e. The molecule has 5 heteroatoms. The van der Waals surface area contributed by atoms with E-state index in [0.29, 0.717) is 5.75 Å². The number of aliphatic hydroxyl groups is 1. The van der Waals surface area contributed by atoms with Crippen molar-refractivity contribution in [1.82, 2.24) is 9.55 Å². The Kier molecular flexibility index (Phi) is 4.01. The molecule has 3 rings (SSSR count). The van der Waals surface area contributed by atoms with Gasteiger partial charge in [0.15, 0.2) is 0 Å². The summed E-state index contributed by atoms with van der Waals surface area (Å²) in [6.45, 7) is 0.347. The summed E-state index contributed by atoms with van der Waals surface area (Å²) in [5.74, 6) is 0.705. The number of aromatic nitrogens is 2. The number of fused-ring (bicyclic) bond motifs is 1. The monoisotopic (exact) mass is 286 g/mol. The molecule has 0 fully saturated rings. The highest BCUT2D eigenvalue weighted by atomic mass is 16.5. The van der Waals surface area contributed by atoms with E-state index in [0.717, 1.165) is 30.5 Å². The average Bonchev–Trinajstić information content (AvgIpc) is 2.98. The number of aryl methyl sites for hydroxylation is 1. The summed E-state index contributed by atoms with van der Waals surface area (Å²) in [7, 11) is 0. The second kappa shape index (κ2) is 6.10. The van der Waals surface area contributed by atoms with Gasteiger partial charge < -0.3 is 9.84 Å². The number of hydrogen-bond donors (Lipinski definition) is 1. The number of hydrogen-bond acceptors (Lipinski definition) is 4. The van der Waals surface area contributed by atoms with Crippen LogP contribution in [0.3, 0.4) is 0 Å². The summed E-state index contributed by atoms with van der Waals surface area (Å²) in [5.41, 5.74) is 1.68. The lowest BCUT2D eigenvalue weighted by Crippen LogP contribution is -2.32. The van der Waals surface area contributed by atoms with Crippen LogP contribution in [0.25, 0.3) is 0 Å². The number of aliphatic hydroxyl groups excluding tert-OH is 1. The van der Waals surface area contributed by atoms with Crippen molar-refractivity contribution in [2.45, 2.75) is 31.9 Å². The predicted octanol–water partition coefficient (Wildman–Crippen LogP) is 1.17. The highest BCUT2D eigenvalue weighted by Crippen LogP contribution is 2.15. The van der Waals surface area contributed by atoms with E-state index in [-0.39, 0.29) is 18.7 Å². The van der Waals surface area contributed by atoms with E-state index in [4.69, 9.17) is 4.74 Å². The molecule has 5 nitrogen and oxygen atoms in total. The molecule has 1 atom stereocenters. The topological polar surface area (TPSA) is 64.4 Å². The first-order chi connectivity index (χ1) is 10.2. The summed E-state index contributed by atoms with van der Waals surface area (Å²) in [6, 6.07) is 9.30. The fourth-order valence-corrected chi connectivity index (χ4v) is 2.58. The van der Waals surface area contributed by atoms with Crippen molar-refractivity contribution < 1.29 is 9.84 Å². The van der Waals surface area contributed by atoms with E-state index in [1.165, 1.54) is 10.9 Å². The average molecular weight is 286 g/mol. The van der Waals surface area contributed by atoms with Gasteiger partial charge in [0.05, 0.1) is 18.6 Å². The van der Waals surface area contributed by atoms with Crippen LogP contribution in [0, 0.1) is 0 Å². The molecule has 0 saturated carbocycles. The van der Waals surface area contributed by atoms with E-state index in [2.05, 4.69) is 4.98 Å². The molecule has 0 amide bonds. The number of para-hydroxylation sites is 1. The van der Waals surface area contributed by atoms with Gasteiger partial charge in [0.2, 0.25) is 0 Å².